The van der Waals surface area contributed by atoms with Crippen LogP contribution in [-0.4, -0.2) is 28.9 Å². The van der Waals surface area contributed by atoms with E-state index in [1.165, 1.54) is 24.6 Å². The fourth-order valence-electron chi connectivity index (χ4n) is 2.41. The van der Waals surface area contributed by atoms with E-state index in [0.717, 1.165) is 0 Å². The molecular weight excluding hydrogens is 400 g/mol. The lowest BCUT2D eigenvalue weighted by molar-refractivity contribution is -0.136. The standard InChI is InChI=1S/C19H17ClN4O3S/c1-19(27-2,12-3-5-13(20)6-4-12)18(26)23-14-7-8-16(21-9-14)24-17(25)15-10-28-11-22-15/h3-11H,1-2H3,(H,23,26)(H,21,24,25). The maximum atomic E-state index is 12.8. The summed E-state index contributed by atoms with van der Waals surface area (Å²) in [7, 11) is 1.46. The molecule has 0 saturated heterocycles. The first-order valence-corrected chi connectivity index (χ1v) is 9.52. The quantitative estimate of drug-likeness (QED) is 0.634. The van der Waals surface area contributed by atoms with E-state index in [-0.39, 0.29) is 11.8 Å². The van der Waals surface area contributed by atoms with E-state index in [1.807, 2.05) is 0 Å². The molecule has 3 rings (SSSR count). The van der Waals surface area contributed by atoms with Gasteiger partial charge in [-0.2, -0.15) is 0 Å². The number of carbonyl (C=O) groups is 2. The third-order valence-corrected chi connectivity index (χ3v) is 5.00. The third-order valence-electron chi connectivity index (χ3n) is 4.16. The minimum atomic E-state index is -1.21. The highest BCUT2D eigenvalue weighted by Crippen LogP contribution is 2.28. The Kier molecular flexibility index (Phi) is 6.03. The summed E-state index contributed by atoms with van der Waals surface area (Å²) < 4.78 is 5.48. The van der Waals surface area contributed by atoms with Crippen LogP contribution in [0.25, 0.3) is 0 Å². The molecule has 2 N–H and O–H groups in total. The molecule has 7 nitrogen and oxygen atoms in total. The minimum absolute atomic E-state index is 0.322. The van der Waals surface area contributed by atoms with E-state index in [2.05, 4.69) is 20.6 Å². The van der Waals surface area contributed by atoms with Crippen molar-refractivity contribution in [1.29, 1.82) is 0 Å². The molecule has 0 bridgehead atoms. The van der Waals surface area contributed by atoms with Crippen LogP contribution in [0.1, 0.15) is 23.0 Å². The first-order chi connectivity index (χ1) is 13.4. The Morgan fingerprint density at radius 1 is 1.11 bits per heavy atom. The van der Waals surface area contributed by atoms with Gasteiger partial charge < -0.3 is 15.4 Å². The van der Waals surface area contributed by atoms with Gasteiger partial charge in [-0.3, -0.25) is 9.59 Å². The molecule has 2 amide bonds. The van der Waals surface area contributed by atoms with Crippen LogP contribution in [0.5, 0.6) is 0 Å². The van der Waals surface area contributed by atoms with E-state index in [1.54, 1.807) is 54.2 Å². The fourth-order valence-corrected chi connectivity index (χ4v) is 3.06. The van der Waals surface area contributed by atoms with Gasteiger partial charge in [0.2, 0.25) is 0 Å². The first kappa shape index (κ1) is 19.9. The van der Waals surface area contributed by atoms with Crippen LogP contribution in [0.15, 0.2) is 53.5 Å². The number of thiazole rings is 1. The second kappa shape index (κ2) is 8.47. The number of pyridine rings is 1. The molecule has 0 fully saturated rings. The number of methoxy groups -OCH3 is 1. The Hall–Kier alpha value is -2.81. The molecule has 0 spiro atoms. The van der Waals surface area contributed by atoms with Gasteiger partial charge in [0.15, 0.2) is 5.60 Å². The smallest absolute Gasteiger partial charge is 0.276 e. The second-order valence-electron chi connectivity index (χ2n) is 5.96. The van der Waals surface area contributed by atoms with Gasteiger partial charge in [-0.05, 0) is 36.8 Å². The monoisotopic (exact) mass is 416 g/mol. The number of benzene rings is 1. The Morgan fingerprint density at radius 3 is 2.43 bits per heavy atom. The van der Waals surface area contributed by atoms with Gasteiger partial charge in [0.05, 0.1) is 17.4 Å². The molecular formula is C19H17ClN4O3S. The maximum Gasteiger partial charge on any atom is 0.276 e. The lowest BCUT2D eigenvalue weighted by Crippen LogP contribution is -2.39. The highest BCUT2D eigenvalue weighted by Gasteiger charge is 2.35. The number of carbonyl (C=O) groups excluding carboxylic acids is 2. The predicted molar refractivity (Wildman–Crippen MR) is 109 cm³/mol. The number of nitrogens with zero attached hydrogens (tertiary/aromatic N) is 2. The molecule has 0 saturated carbocycles. The average Bonchev–Trinajstić information content (AvgIpc) is 3.24. The molecule has 0 aliphatic rings. The molecule has 1 atom stereocenters. The van der Waals surface area contributed by atoms with E-state index in [9.17, 15) is 9.59 Å². The molecule has 28 heavy (non-hydrogen) atoms. The molecule has 9 heteroatoms. The molecule has 0 radical (unpaired) electrons. The molecule has 0 aliphatic heterocycles. The summed E-state index contributed by atoms with van der Waals surface area (Å²) in [5.74, 6) is -0.359. The Morgan fingerprint density at radius 2 is 1.86 bits per heavy atom. The first-order valence-electron chi connectivity index (χ1n) is 8.20. The Balaban J connectivity index is 1.69. The van der Waals surface area contributed by atoms with Crippen LogP contribution in [0.3, 0.4) is 0 Å². The number of hydrogen-bond donors (Lipinski definition) is 2. The summed E-state index contributed by atoms with van der Waals surface area (Å²) in [6.07, 6.45) is 1.45. The molecule has 1 aromatic carbocycles. The van der Waals surface area contributed by atoms with Gasteiger partial charge >= 0.3 is 0 Å². The van der Waals surface area contributed by atoms with Crippen molar-refractivity contribution < 1.29 is 14.3 Å². The number of rotatable bonds is 6. The van der Waals surface area contributed by atoms with Crippen molar-refractivity contribution in [3.05, 3.63) is 69.8 Å². The van der Waals surface area contributed by atoms with Crippen molar-refractivity contribution in [2.24, 2.45) is 0 Å². The SMILES string of the molecule is COC(C)(C(=O)Nc1ccc(NC(=O)c2cscn2)nc1)c1ccc(Cl)cc1. The topological polar surface area (TPSA) is 93.2 Å². The normalized spacial score (nSPS) is 12.8. The van der Waals surface area contributed by atoms with Crippen molar-refractivity contribution in [2.75, 3.05) is 17.7 Å². The van der Waals surface area contributed by atoms with Gasteiger partial charge in [-0.25, -0.2) is 9.97 Å². The van der Waals surface area contributed by atoms with Gasteiger partial charge in [0.25, 0.3) is 11.8 Å². The summed E-state index contributed by atoms with van der Waals surface area (Å²) in [5.41, 5.74) is 1.82. The minimum Gasteiger partial charge on any atom is -0.364 e. The van der Waals surface area contributed by atoms with E-state index in [4.69, 9.17) is 16.3 Å². The molecule has 1 unspecified atom stereocenters. The lowest BCUT2D eigenvalue weighted by Gasteiger charge is -2.27. The zero-order valence-corrected chi connectivity index (χ0v) is 16.7. The van der Waals surface area contributed by atoms with Gasteiger partial charge in [0.1, 0.15) is 11.5 Å². The highest BCUT2D eigenvalue weighted by atomic mass is 35.5. The number of nitrogens with one attached hydrogen (secondary N) is 2. The predicted octanol–water partition coefficient (Wildman–Crippen LogP) is 3.94. The number of anilines is 2. The van der Waals surface area contributed by atoms with Crippen LogP contribution in [-0.2, 0) is 15.1 Å². The molecule has 3 aromatic rings. The van der Waals surface area contributed by atoms with Crippen LogP contribution < -0.4 is 10.6 Å². The van der Waals surface area contributed by atoms with E-state index in [0.29, 0.717) is 27.8 Å². The zero-order valence-electron chi connectivity index (χ0n) is 15.1. The van der Waals surface area contributed by atoms with Crippen molar-refractivity contribution in [3.63, 3.8) is 0 Å². The Labute approximate surface area is 170 Å². The third kappa shape index (κ3) is 4.36. The molecule has 2 heterocycles. The van der Waals surface area contributed by atoms with Crippen LogP contribution in [0, 0.1) is 0 Å². The number of ether oxygens (including phenoxy) is 1. The van der Waals surface area contributed by atoms with E-state index < -0.39 is 5.60 Å². The number of aromatic nitrogens is 2. The summed E-state index contributed by atoms with van der Waals surface area (Å²) in [5, 5.41) is 7.63. The fraction of sp³-hybridized carbons (Fsp3) is 0.158. The van der Waals surface area contributed by atoms with Crippen molar-refractivity contribution in [2.45, 2.75) is 12.5 Å². The van der Waals surface area contributed by atoms with E-state index >= 15 is 0 Å². The average molecular weight is 417 g/mol. The van der Waals surface area contributed by atoms with Crippen molar-refractivity contribution >= 4 is 46.3 Å². The molecule has 2 aromatic heterocycles. The van der Waals surface area contributed by atoms with Gasteiger partial charge in [0, 0.05) is 17.5 Å². The summed E-state index contributed by atoms with van der Waals surface area (Å²) >= 11 is 7.25. The molecule has 144 valence electrons. The number of amides is 2. The van der Waals surface area contributed by atoms with Crippen LogP contribution in [0.4, 0.5) is 11.5 Å². The van der Waals surface area contributed by atoms with Crippen molar-refractivity contribution in [3.8, 4) is 0 Å². The lowest BCUT2D eigenvalue weighted by atomic mass is 9.94. The van der Waals surface area contributed by atoms with Crippen molar-refractivity contribution in [1.82, 2.24) is 9.97 Å². The van der Waals surface area contributed by atoms with Crippen LogP contribution >= 0.6 is 22.9 Å². The second-order valence-corrected chi connectivity index (χ2v) is 7.11. The van der Waals surface area contributed by atoms with Gasteiger partial charge in [-0.15, -0.1) is 11.3 Å². The summed E-state index contributed by atoms with van der Waals surface area (Å²) in [4.78, 5) is 32.9. The zero-order chi connectivity index (χ0) is 20.1. The summed E-state index contributed by atoms with van der Waals surface area (Å²) in [6, 6.07) is 10.1. The number of hydrogen-bond acceptors (Lipinski definition) is 6. The maximum absolute atomic E-state index is 12.8. The van der Waals surface area contributed by atoms with Gasteiger partial charge in [-0.1, -0.05) is 23.7 Å². The largest absolute Gasteiger partial charge is 0.364 e. The highest BCUT2D eigenvalue weighted by molar-refractivity contribution is 7.07. The molecule has 0 aliphatic carbocycles. The Bertz CT molecular complexity index is 962. The van der Waals surface area contributed by atoms with Crippen LogP contribution in [0.2, 0.25) is 5.02 Å². The summed E-state index contributed by atoms with van der Waals surface area (Å²) in [6.45, 7) is 1.67. The number of halogens is 1.